The Balaban J connectivity index is 1.90. The third kappa shape index (κ3) is 3.13. The minimum atomic E-state index is -1.06. The van der Waals surface area contributed by atoms with Crippen LogP contribution in [-0.2, 0) is 4.79 Å². The van der Waals surface area contributed by atoms with Crippen molar-refractivity contribution in [2.75, 3.05) is 17.6 Å². The summed E-state index contributed by atoms with van der Waals surface area (Å²) in [7, 11) is 0. The number of benzene rings is 1. The van der Waals surface area contributed by atoms with Gasteiger partial charge in [0.05, 0.1) is 12.1 Å². The van der Waals surface area contributed by atoms with Crippen LogP contribution in [0.1, 0.15) is 23.2 Å². The summed E-state index contributed by atoms with van der Waals surface area (Å²) < 4.78 is 0. The Kier molecular flexibility index (Phi) is 3.36. The van der Waals surface area contributed by atoms with Gasteiger partial charge in [0.25, 0.3) is 0 Å². The fourth-order valence-corrected chi connectivity index (χ4v) is 1.56. The lowest BCUT2D eigenvalue weighted by molar-refractivity contribution is -0.119. The zero-order valence-electron chi connectivity index (χ0n) is 9.77. The summed E-state index contributed by atoms with van der Waals surface area (Å²) in [5, 5.41) is 14.6. The van der Waals surface area contributed by atoms with Gasteiger partial charge >= 0.3 is 5.97 Å². The molecule has 18 heavy (non-hydrogen) atoms. The molecule has 1 aliphatic carbocycles. The predicted molar refractivity (Wildman–Crippen MR) is 67.5 cm³/mol. The highest BCUT2D eigenvalue weighted by Crippen LogP contribution is 2.19. The first kappa shape index (κ1) is 12.2. The van der Waals surface area contributed by atoms with Gasteiger partial charge in [-0.25, -0.2) is 4.79 Å². The molecule has 5 N–H and O–H groups in total. The number of carboxylic acids is 1. The SMILES string of the molecule is Nc1cc(NCC(=O)NC2CC2)ccc1C(=O)O. The highest BCUT2D eigenvalue weighted by Gasteiger charge is 2.22. The molecule has 0 radical (unpaired) electrons. The van der Waals surface area contributed by atoms with Crippen LogP contribution in [0.25, 0.3) is 0 Å². The Hall–Kier alpha value is -2.24. The van der Waals surface area contributed by atoms with Gasteiger partial charge < -0.3 is 21.5 Å². The van der Waals surface area contributed by atoms with Gasteiger partial charge in [0, 0.05) is 17.4 Å². The number of carbonyl (C=O) groups is 2. The van der Waals surface area contributed by atoms with Crippen LogP contribution < -0.4 is 16.4 Å². The van der Waals surface area contributed by atoms with Crippen molar-refractivity contribution in [2.45, 2.75) is 18.9 Å². The van der Waals surface area contributed by atoms with Crippen molar-refractivity contribution in [3.63, 3.8) is 0 Å². The first-order chi connectivity index (χ1) is 8.56. The number of nitrogens with one attached hydrogen (secondary N) is 2. The molecular weight excluding hydrogens is 234 g/mol. The maximum absolute atomic E-state index is 11.4. The molecule has 1 aromatic carbocycles. The molecule has 6 nitrogen and oxygen atoms in total. The van der Waals surface area contributed by atoms with Gasteiger partial charge in [-0.1, -0.05) is 0 Å². The molecule has 1 amide bonds. The van der Waals surface area contributed by atoms with Crippen molar-refractivity contribution >= 4 is 23.3 Å². The fraction of sp³-hybridized carbons (Fsp3) is 0.333. The van der Waals surface area contributed by atoms with Crippen molar-refractivity contribution in [3.05, 3.63) is 23.8 Å². The molecule has 0 spiro atoms. The topological polar surface area (TPSA) is 104 Å². The molecule has 2 rings (SSSR count). The molecule has 0 saturated heterocycles. The molecule has 1 aliphatic rings. The van der Waals surface area contributed by atoms with Crippen molar-refractivity contribution in [1.82, 2.24) is 5.32 Å². The molecule has 0 aromatic heterocycles. The maximum Gasteiger partial charge on any atom is 0.337 e. The van der Waals surface area contributed by atoms with Crippen LogP contribution in [0, 0.1) is 0 Å². The number of hydrogen-bond donors (Lipinski definition) is 4. The highest BCUT2D eigenvalue weighted by molar-refractivity contribution is 5.94. The molecule has 0 bridgehead atoms. The molecule has 1 fully saturated rings. The summed E-state index contributed by atoms with van der Waals surface area (Å²) in [6.07, 6.45) is 2.10. The monoisotopic (exact) mass is 249 g/mol. The number of nitrogen functional groups attached to an aromatic ring is 1. The van der Waals surface area contributed by atoms with E-state index in [2.05, 4.69) is 10.6 Å². The van der Waals surface area contributed by atoms with Crippen LogP contribution in [0.4, 0.5) is 11.4 Å². The third-order valence-electron chi connectivity index (χ3n) is 2.68. The summed E-state index contributed by atoms with van der Waals surface area (Å²) in [5.74, 6) is -1.14. The lowest BCUT2D eigenvalue weighted by atomic mass is 10.1. The molecule has 6 heteroatoms. The lowest BCUT2D eigenvalue weighted by Crippen LogP contribution is -2.31. The summed E-state index contributed by atoms with van der Waals surface area (Å²) in [6.45, 7) is 0.155. The van der Waals surface area contributed by atoms with Gasteiger partial charge in [-0.2, -0.15) is 0 Å². The molecule has 1 aromatic rings. The highest BCUT2D eigenvalue weighted by atomic mass is 16.4. The van der Waals surface area contributed by atoms with E-state index >= 15 is 0 Å². The van der Waals surface area contributed by atoms with E-state index in [1.165, 1.54) is 12.1 Å². The van der Waals surface area contributed by atoms with Gasteiger partial charge in [0.1, 0.15) is 0 Å². The van der Waals surface area contributed by atoms with Gasteiger partial charge in [0.2, 0.25) is 5.91 Å². The number of anilines is 2. The quantitative estimate of drug-likeness (QED) is 0.574. The fourth-order valence-electron chi connectivity index (χ4n) is 1.56. The standard InChI is InChI=1S/C12H15N3O3/c13-10-5-8(3-4-9(10)12(17)18)14-6-11(16)15-7-1-2-7/h3-5,7,14H,1-2,6,13H2,(H,15,16)(H,17,18). The average Bonchev–Trinajstić information content (AvgIpc) is 3.10. The van der Waals surface area contributed by atoms with Crippen LogP contribution in [0.15, 0.2) is 18.2 Å². The van der Waals surface area contributed by atoms with Gasteiger partial charge in [-0.05, 0) is 31.0 Å². The van der Waals surface area contributed by atoms with Gasteiger partial charge in [-0.15, -0.1) is 0 Å². The number of amides is 1. The Morgan fingerprint density at radius 1 is 1.39 bits per heavy atom. The Bertz CT molecular complexity index is 483. The Labute approximate surface area is 104 Å². The number of nitrogens with two attached hydrogens (primary N) is 1. The van der Waals surface area contributed by atoms with Gasteiger partial charge in [0.15, 0.2) is 0 Å². The maximum atomic E-state index is 11.4. The number of carboxylic acid groups (broad SMARTS) is 1. The predicted octanol–water partition coefficient (Wildman–Crippen LogP) is 0.657. The molecule has 0 heterocycles. The van der Waals surface area contributed by atoms with Crippen LogP contribution in [-0.4, -0.2) is 29.6 Å². The van der Waals surface area contributed by atoms with E-state index in [0.29, 0.717) is 11.7 Å². The number of carbonyl (C=O) groups excluding carboxylic acids is 1. The summed E-state index contributed by atoms with van der Waals surface area (Å²) in [5.41, 5.74) is 6.46. The first-order valence-corrected chi connectivity index (χ1v) is 5.72. The van der Waals surface area contributed by atoms with E-state index < -0.39 is 5.97 Å². The van der Waals surface area contributed by atoms with E-state index in [0.717, 1.165) is 12.8 Å². The Morgan fingerprint density at radius 3 is 2.67 bits per heavy atom. The number of rotatable bonds is 5. The number of aromatic carboxylic acids is 1. The van der Waals surface area contributed by atoms with Crippen LogP contribution in [0.2, 0.25) is 0 Å². The summed E-state index contributed by atoms with van der Waals surface area (Å²) in [6, 6.07) is 4.84. The van der Waals surface area contributed by atoms with Crippen molar-refractivity contribution in [3.8, 4) is 0 Å². The summed E-state index contributed by atoms with van der Waals surface area (Å²) in [4.78, 5) is 22.2. The second kappa shape index (κ2) is 4.95. The van der Waals surface area contributed by atoms with Gasteiger partial charge in [-0.3, -0.25) is 4.79 Å². The van der Waals surface area contributed by atoms with E-state index in [4.69, 9.17) is 10.8 Å². The second-order valence-corrected chi connectivity index (χ2v) is 4.30. The first-order valence-electron chi connectivity index (χ1n) is 5.72. The number of hydrogen-bond acceptors (Lipinski definition) is 4. The third-order valence-corrected chi connectivity index (χ3v) is 2.68. The zero-order valence-corrected chi connectivity index (χ0v) is 9.77. The normalized spacial score (nSPS) is 14.0. The van der Waals surface area contributed by atoms with E-state index in [-0.39, 0.29) is 23.7 Å². The van der Waals surface area contributed by atoms with E-state index in [1.54, 1.807) is 6.07 Å². The largest absolute Gasteiger partial charge is 0.478 e. The van der Waals surface area contributed by atoms with E-state index in [1.807, 2.05) is 0 Å². The van der Waals surface area contributed by atoms with Crippen molar-refractivity contribution in [1.29, 1.82) is 0 Å². The smallest absolute Gasteiger partial charge is 0.337 e. The van der Waals surface area contributed by atoms with Crippen LogP contribution in [0.3, 0.4) is 0 Å². The molecule has 0 atom stereocenters. The minimum absolute atomic E-state index is 0.0583. The average molecular weight is 249 g/mol. The molecule has 0 unspecified atom stereocenters. The molecule has 96 valence electrons. The molecule has 1 saturated carbocycles. The molecular formula is C12H15N3O3. The zero-order chi connectivity index (χ0) is 13.1. The minimum Gasteiger partial charge on any atom is -0.478 e. The Morgan fingerprint density at radius 2 is 2.11 bits per heavy atom. The van der Waals surface area contributed by atoms with Crippen LogP contribution in [0.5, 0.6) is 0 Å². The lowest BCUT2D eigenvalue weighted by Gasteiger charge is -2.08. The molecule has 0 aliphatic heterocycles. The van der Waals surface area contributed by atoms with E-state index in [9.17, 15) is 9.59 Å². The van der Waals surface area contributed by atoms with Crippen molar-refractivity contribution < 1.29 is 14.7 Å². The summed E-state index contributed by atoms with van der Waals surface area (Å²) >= 11 is 0. The van der Waals surface area contributed by atoms with Crippen LogP contribution >= 0.6 is 0 Å². The van der Waals surface area contributed by atoms with Crippen molar-refractivity contribution in [2.24, 2.45) is 0 Å². The second-order valence-electron chi connectivity index (χ2n) is 4.30.